The first-order valence-corrected chi connectivity index (χ1v) is 9.57. The summed E-state index contributed by atoms with van der Waals surface area (Å²) in [6.45, 7) is 9.23. The van der Waals surface area contributed by atoms with Gasteiger partial charge in [-0.1, -0.05) is 0 Å². The molecular weight excluding hydrogens is 471 g/mol. The summed E-state index contributed by atoms with van der Waals surface area (Å²) >= 11 is 0. The van der Waals surface area contributed by atoms with Crippen molar-refractivity contribution in [3.63, 3.8) is 0 Å². The van der Waals surface area contributed by atoms with Crippen LogP contribution in [0.15, 0.2) is 29.3 Å². The Hall–Kier alpha value is -1.26. The molecule has 1 N–H and O–H groups in total. The number of guanidine groups is 1. The minimum atomic E-state index is 0. The number of rotatable bonds is 8. The first-order chi connectivity index (χ1) is 13.0. The number of aliphatic imine (C=N–C) groups is 1. The number of nitrogens with zero attached hydrogens (tertiary/aromatic N) is 3. The summed E-state index contributed by atoms with van der Waals surface area (Å²) in [5.74, 6) is 2.54. The van der Waals surface area contributed by atoms with E-state index in [1.165, 1.54) is 0 Å². The molecule has 0 bridgehead atoms. The minimum Gasteiger partial charge on any atom is -0.497 e. The molecule has 28 heavy (non-hydrogen) atoms. The van der Waals surface area contributed by atoms with E-state index in [-0.39, 0.29) is 24.0 Å². The molecule has 0 aromatic heterocycles. The Labute approximate surface area is 186 Å². The van der Waals surface area contributed by atoms with Crippen LogP contribution in [0.5, 0.6) is 11.5 Å². The summed E-state index contributed by atoms with van der Waals surface area (Å²) < 4.78 is 16.5. The van der Waals surface area contributed by atoms with Crippen LogP contribution in [0.3, 0.4) is 0 Å². The van der Waals surface area contributed by atoms with Gasteiger partial charge in [-0.05, 0) is 38.1 Å². The lowest BCUT2D eigenvalue weighted by molar-refractivity contribution is -0.0175. The van der Waals surface area contributed by atoms with Crippen molar-refractivity contribution < 1.29 is 14.2 Å². The molecule has 1 aromatic rings. The van der Waals surface area contributed by atoms with E-state index in [0.29, 0.717) is 18.7 Å². The number of halogens is 1. The second kappa shape index (κ2) is 13.1. The largest absolute Gasteiger partial charge is 0.497 e. The standard InChI is InChI=1S/C20H34N4O3.HI/c1-16(24-11-12-26-15-17(24)2)14-22-20(21-3)23(4)10-13-27-19-8-6-18(25-5)7-9-19;/h6-9,16-17H,10-15H2,1-5H3,(H,21,22);1H. The molecule has 160 valence electrons. The van der Waals surface area contributed by atoms with Gasteiger partial charge >= 0.3 is 0 Å². The van der Waals surface area contributed by atoms with Crippen LogP contribution in [0.4, 0.5) is 0 Å². The number of hydrogen-bond acceptors (Lipinski definition) is 5. The number of methoxy groups -OCH3 is 1. The highest BCUT2D eigenvalue weighted by molar-refractivity contribution is 14.0. The molecule has 0 aliphatic carbocycles. The summed E-state index contributed by atoms with van der Waals surface area (Å²) in [4.78, 5) is 8.95. The highest BCUT2D eigenvalue weighted by Crippen LogP contribution is 2.16. The quantitative estimate of drug-likeness (QED) is 0.332. The number of benzene rings is 1. The molecule has 1 aromatic carbocycles. The van der Waals surface area contributed by atoms with Crippen LogP contribution in [-0.4, -0.2) is 88.5 Å². The Morgan fingerprint density at radius 2 is 2.04 bits per heavy atom. The Morgan fingerprint density at radius 1 is 1.36 bits per heavy atom. The second-order valence-corrected chi connectivity index (χ2v) is 6.88. The van der Waals surface area contributed by atoms with Crippen molar-refractivity contribution in [3.05, 3.63) is 24.3 Å². The first-order valence-electron chi connectivity index (χ1n) is 9.57. The highest BCUT2D eigenvalue weighted by Gasteiger charge is 2.23. The number of nitrogens with one attached hydrogen (secondary N) is 1. The molecule has 1 saturated heterocycles. The number of likely N-dealkylation sites (N-methyl/N-ethyl adjacent to an activating group) is 1. The maximum atomic E-state index is 5.80. The van der Waals surface area contributed by atoms with E-state index >= 15 is 0 Å². The van der Waals surface area contributed by atoms with Crippen LogP contribution in [0.2, 0.25) is 0 Å². The third-order valence-corrected chi connectivity index (χ3v) is 4.87. The molecule has 0 saturated carbocycles. The van der Waals surface area contributed by atoms with Gasteiger partial charge in [-0.25, -0.2) is 0 Å². The van der Waals surface area contributed by atoms with Crippen molar-refractivity contribution in [1.82, 2.24) is 15.1 Å². The summed E-state index contributed by atoms with van der Waals surface area (Å²) in [6, 6.07) is 8.49. The van der Waals surface area contributed by atoms with Crippen LogP contribution in [0, 0.1) is 0 Å². The molecule has 1 aliphatic heterocycles. The predicted molar refractivity (Wildman–Crippen MR) is 124 cm³/mol. The zero-order valence-electron chi connectivity index (χ0n) is 17.7. The molecule has 7 nitrogen and oxygen atoms in total. The Kier molecular flexibility index (Phi) is 11.6. The number of hydrogen-bond donors (Lipinski definition) is 1. The predicted octanol–water partition coefficient (Wildman–Crippen LogP) is 2.31. The monoisotopic (exact) mass is 506 g/mol. The lowest BCUT2D eigenvalue weighted by Crippen LogP contribution is -2.53. The van der Waals surface area contributed by atoms with Gasteiger partial charge in [0.15, 0.2) is 5.96 Å². The van der Waals surface area contributed by atoms with Gasteiger partial charge in [-0.2, -0.15) is 0 Å². The Balaban J connectivity index is 0.00000392. The Bertz CT molecular complexity index is 585. The molecule has 1 heterocycles. The fraction of sp³-hybridized carbons (Fsp3) is 0.650. The molecule has 8 heteroatoms. The number of ether oxygens (including phenoxy) is 3. The molecule has 1 fully saturated rings. The van der Waals surface area contributed by atoms with Crippen molar-refractivity contribution in [1.29, 1.82) is 0 Å². The van der Waals surface area contributed by atoms with Crippen LogP contribution in [0.1, 0.15) is 13.8 Å². The van der Waals surface area contributed by atoms with Crippen LogP contribution in [0.25, 0.3) is 0 Å². The van der Waals surface area contributed by atoms with E-state index in [1.807, 2.05) is 38.4 Å². The summed E-state index contributed by atoms with van der Waals surface area (Å²) in [6.07, 6.45) is 0. The molecular formula is C20H35IN4O3. The van der Waals surface area contributed by atoms with Gasteiger partial charge in [0.25, 0.3) is 0 Å². The molecule has 2 rings (SSSR count). The van der Waals surface area contributed by atoms with Crippen molar-refractivity contribution >= 4 is 29.9 Å². The smallest absolute Gasteiger partial charge is 0.193 e. The lowest BCUT2D eigenvalue weighted by atomic mass is 10.2. The van der Waals surface area contributed by atoms with Crippen molar-refractivity contribution in [2.45, 2.75) is 25.9 Å². The summed E-state index contributed by atoms with van der Waals surface area (Å²) in [7, 11) is 5.49. The fourth-order valence-electron chi connectivity index (χ4n) is 3.21. The van der Waals surface area contributed by atoms with Gasteiger partial charge in [0, 0.05) is 39.3 Å². The van der Waals surface area contributed by atoms with Crippen molar-refractivity contribution in [2.24, 2.45) is 4.99 Å². The third-order valence-electron chi connectivity index (χ3n) is 4.87. The minimum absolute atomic E-state index is 0. The van der Waals surface area contributed by atoms with Crippen molar-refractivity contribution in [3.8, 4) is 11.5 Å². The van der Waals surface area contributed by atoms with Crippen LogP contribution in [-0.2, 0) is 4.74 Å². The van der Waals surface area contributed by atoms with Crippen LogP contribution >= 0.6 is 24.0 Å². The van der Waals surface area contributed by atoms with E-state index in [2.05, 4.69) is 34.0 Å². The van der Waals surface area contributed by atoms with Crippen molar-refractivity contribution in [2.75, 3.05) is 60.7 Å². The van der Waals surface area contributed by atoms with E-state index in [0.717, 1.165) is 50.3 Å². The van der Waals surface area contributed by atoms with E-state index in [9.17, 15) is 0 Å². The van der Waals surface area contributed by atoms with Gasteiger partial charge in [-0.3, -0.25) is 9.89 Å². The SMILES string of the molecule is CN=C(NCC(C)N1CCOCC1C)N(C)CCOc1ccc(OC)cc1.I. The molecule has 0 radical (unpaired) electrons. The first kappa shape index (κ1) is 24.8. The van der Waals surface area contributed by atoms with E-state index in [4.69, 9.17) is 14.2 Å². The topological polar surface area (TPSA) is 58.6 Å². The summed E-state index contributed by atoms with van der Waals surface area (Å²) in [5, 5.41) is 3.47. The van der Waals surface area contributed by atoms with Gasteiger partial charge in [0.1, 0.15) is 18.1 Å². The average molecular weight is 506 g/mol. The maximum Gasteiger partial charge on any atom is 0.193 e. The lowest BCUT2D eigenvalue weighted by Gasteiger charge is -2.38. The number of morpholine rings is 1. The van der Waals surface area contributed by atoms with Gasteiger partial charge in [0.05, 0.1) is 26.9 Å². The molecule has 2 atom stereocenters. The highest BCUT2D eigenvalue weighted by atomic mass is 127. The fourth-order valence-corrected chi connectivity index (χ4v) is 3.21. The molecule has 2 unspecified atom stereocenters. The van der Waals surface area contributed by atoms with E-state index < -0.39 is 0 Å². The molecule has 0 spiro atoms. The van der Waals surface area contributed by atoms with E-state index in [1.54, 1.807) is 7.11 Å². The average Bonchev–Trinajstić information content (AvgIpc) is 2.69. The Morgan fingerprint density at radius 3 is 2.64 bits per heavy atom. The molecule has 1 aliphatic rings. The summed E-state index contributed by atoms with van der Waals surface area (Å²) in [5.41, 5.74) is 0. The third kappa shape index (κ3) is 7.63. The normalized spacial score (nSPS) is 18.8. The van der Waals surface area contributed by atoms with Gasteiger partial charge in [0.2, 0.25) is 0 Å². The van der Waals surface area contributed by atoms with Gasteiger partial charge < -0.3 is 24.4 Å². The molecule has 0 amide bonds. The van der Waals surface area contributed by atoms with Gasteiger partial charge in [-0.15, -0.1) is 24.0 Å². The zero-order chi connectivity index (χ0) is 19.6. The van der Waals surface area contributed by atoms with Crippen LogP contribution < -0.4 is 14.8 Å². The second-order valence-electron chi connectivity index (χ2n) is 6.88. The maximum absolute atomic E-state index is 5.80. The zero-order valence-corrected chi connectivity index (χ0v) is 20.0.